The summed E-state index contributed by atoms with van der Waals surface area (Å²) in [4.78, 5) is 4.29. The van der Waals surface area contributed by atoms with E-state index in [0.29, 0.717) is 17.4 Å². The molecule has 5 nitrogen and oxygen atoms in total. The normalized spacial score (nSPS) is 24.4. The molecule has 1 aromatic heterocycles. The summed E-state index contributed by atoms with van der Waals surface area (Å²) in [7, 11) is 0. The third-order valence-electron chi connectivity index (χ3n) is 3.69. The molecule has 0 amide bonds. The molecule has 90 valence electrons. The first kappa shape index (κ1) is 11.5. The summed E-state index contributed by atoms with van der Waals surface area (Å²) in [5.74, 6) is 7.31. The molecule has 0 saturated heterocycles. The van der Waals surface area contributed by atoms with Gasteiger partial charge in [0.15, 0.2) is 0 Å². The van der Waals surface area contributed by atoms with E-state index in [1.54, 1.807) is 6.33 Å². The summed E-state index contributed by atoms with van der Waals surface area (Å²) in [6, 6.07) is 0.310. The van der Waals surface area contributed by atoms with Crippen molar-refractivity contribution in [3.63, 3.8) is 0 Å². The van der Waals surface area contributed by atoms with Gasteiger partial charge in [0.05, 0.1) is 0 Å². The second-order valence-electron chi connectivity index (χ2n) is 5.27. The van der Waals surface area contributed by atoms with Crippen molar-refractivity contribution in [2.75, 3.05) is 0 Å². The van der Waals surface area contributed by atoms with Crippen molar-refractivity contribution in [1.29, 1.82) is 0 Å². The van der Waals surface area contributed by atoms with E-state index >= 15 is 0 Å². The topological polar surface area (TPSA) is 68.8 Å². The van der Waals surface area contributed by atoms with Crippen molar-refractivity contribution in [1.82, 2.24) is 20.2 Å². The van der Waals surface area contributed by atoms with Crippen molar-refractivity contribution >= 4 is 0 Å². The van der Waals surface area contributed by atoms with Crippen molar-refractivity contribution in [3.05, 3.63) is 12.2 Å². The van der Waals surface area contributed by atoms with Crippen LogP contribution in [-0.2, 0) is 13.0 Å². The van der Waals surface area contributed by atoms with Crippen LogP contribution in [-0.4, -0.2) is 20.8 Å². The molecule has 0 radical (unpaired) electrons. The molecule has 1 aliphatic rings. The molecule has 0 aromatic carbocycles. The molecular formula is C11H21N5. The number of hydrogen-bond acceptors (Lipinski definition) is 4. The first-order valence-electron chi connectivity index (χ1n) is 5.91. The van der Waals surface area contributed by atoms with Gasteiger partial charge in [0.2, 0.25) is 0 Å². The highest BCUT2D eigenvalue weighted by Gasteiger charge is 2.49. The molecule has 0 aliphatic heterocycles. The van der Waals surface area contributed by atoms with Gasteiger partial charge in [-0.1, -0.05) is 13.8 Å². The lowest BCUT2D eigenvalue weighted by atomic mass is 10.0. The van der Waals surface area contributed by atoms with E-state index in [0.717, 1.165) is 18.8 Å². The van der Waals surface area contributed by atoms with Gasteiger partial charge in [0, 0.05) is 19.0 Å². The Bertz CT molecular complexity index is 357. The number of rotatable bonds is 5. The van der Waals surface area contributed by atoms with Crippen LogP contribution >= 0.6 is 0 Å². The van der Waals surface area contributed by atoms with Gasteiger partial charge in [-0.25, -0.2) is 4.98 Å². The number of nitrogens with two attached hydrogens (primary N) is 1. The number of hydrazine groups is 1. The van der Waals surface area contributed by atoms with Crippen molar-refractivity contribution in [2.24, 2.45) is 17.2 Å². The summed E-state index contributed by atoms with van der Waals surface area (Å²) < 4.78 is 1.93. The van der Waals surface area contributed by atoms with Gasteiger partial charge < -0.3 is 0 Å². The lowest BCUT2D eigenvalue weighted by molar-refractivity contribution is 0.396. The average molecular weight is 223 g/mol. The van der Waals surface area contributed by atoms with E-state index in [-0.39, 0.29) is 0 Å². The van der Waals surface area contributed by atoms with E-state index in [1.165, 1.54) is 6.42 Å². The second kappa shape index (κ2) is 4.14. The summed E-state index contributed by atoms with van der Waals surface area (Å²) >= 11 is 0. The predicted octanol–water partition coefficient (Wildman–Crippen LogP) is 0.718. The van der Waals surface area contributed by atoms with Crippen molar-refractivity contribution < 1.29 is 0 Å². The van der Waals surface area contributed by atoms with Crippen molar-refractivity contribution in [2.45, 2.75) is 46.2 Å². The molecule has 1 saturated carbocycles. The number of aromatic nitrogens is 3. The SMILES string of the molecule is CCn1ncnc1CC(NN)C1CC1(C)C. The van der Waals surface area contributed by atoms with E-state index in [2.05, 4.69) is 36.3 Å². The van der Waals surface area contributed by atoms with Crippen LogP contribution < -0.4 is 11.3 Å². The highest BCUT2D eigenvalue weighted by atomic mass is 15.3. The minimum Gasteiger partial charge on any atom is -0.271 e. The van der Waals surface area contributed by atoms with Crippen LogP contribution in [0.1, 0.15) is 33.0 Å². The van der Waals surface area contributed by atoms with Crippen LogP contribution in [0, 0.1) is 11.3 Å². The van der Waals surface area contributed by atoms with Crippen LogP contribution in [0.15, 0.2) is 6.33 Å². The molecule has 16 heavy (non-hydrogen) atoms. The molecule has 0 bridgehead atoms. The molecule has 3 N–H and O–H groups in total. The minimum atomic E-state index is 0.310. The fourth-order valence-corrected chi connectivity index (χ4v) is 2.42. The largest absolute Gasteiger partial charge is 0.271 e. The molecule has 1 aliphatic carbocycles. The van der Waals surface area contributed by atoms with Gasteiger partial charge in [-0.05, 0) is 24.7 Å². The first-order chi connectivity index (χ1) is 7.58. The fraction of sp³-hybridized carbons (Fsp3) is 0.818. The maximum atomic E-state index is 5.64. The maximum absolute atomic E-state index is 5.64. The standard InChI is InChI=1S/C11H21N5/c1-4-16-10(13-7-14-16)5-9(15-12)8-6-11(8,2)3/h7-9,15H,4-6,12H2,1-3H3. The number of hydrogen-bond donors (Lipinski definition) is 2. The molecule has 2 rings (SSSR count). The smallest absolute Gasteiger partial charge is 0.138 e. The zero-order valence-corrected chi connectivity index (χ0v) is 10.3. The minimum absolute atomic E-state index is 0.310. The molecular weight excluding hydrogens is 202 g/mol. The Morgan fingerprint density at radius 3 is 2.88 bits per heavy atom. The molecule has 1 heterocycles. The average Bonchev–Trinajstić information content (AvgIpc) is 2.72. The third-order valence-corrected chi connectivity index (χ3v) is 3.69. The van der Waals surface area contributed by atoms with Gasteiger partial charge in [-0.15, -0.1) is 0 Å². The van der Waals surface area contributed by atoms with Crippen LogP contribution in [0.4, 0.5) is 0 Å². The van der Waals surface area contributed by atoms with Gasteiger partial charge in [-0.2, -0.15) is 5.10 Å². The lowest BCUT2D eigenvalue weighted by Crippen LogP contribution is -2.40. The van der Waals surface area contributed by atoms with E-state index in [9.17, 15) is 0 Å². The van der Waals surface area contributed by atoms with Crippen LogP contribution in [0.2, 0.25) is 0 Å². The lowest BCUT2D eigenvalue weighted by Gasteiger charge is -2.17. The Labute approximate surface area is 96.4 Å². The Morgan fingerprint density at radius 2 is 2.38 bits per heavy atom. The van der Waals surface area contributed by atoms with Crippen LogP contribution in [0.5, 0.6) is 0 Å². The monoisotopic (exact) mass is 223 g/mol. The second-order valence-corrected chi connectivity index (χ2v) is 5.27. The van der Waals surface area contributed by atoms with Crippen LogP contribution in [0.3, 0.4) is 0 Å². The zero-order valence-electron chi connectivity index (χ0n) is 10.3. The van der Waals surface area contributed by atoms with Gasteiger partial charge in [0.25, 0.3) is 0 Å². The summed E-state index contributed by atoms with van der Waals surface area (Å²) in [5, 5.41) is 4.18. The van der Waals surface area contributed by atoms with Gasteiger partial charge >= 0.3 is 0 Å². The Kier molecular flexibility index (Phi) is 2.99. The Hall–Kier alpha value is -0.940. The highest BCUT2D eigenvalue weighted by Crippen LogP contribution is 2.53. The van der Waals surface area contributed by atoms with Crippen molar-refractivity contribution in [3.8, 4) is 0 Å². The number of nitrogens with zero attached hydrogens (tertiary/aromatic N) is 3. The molecule has 1 aromatic rings. The van der Waals surface area contributed by atoms with E-state index < -0.39 is 0 Å². The molecule has 1 fully saturated rings. The molecule has 5 heteroatoms. The van der Waals surface area contributed by atoms with Crippen LogP contribution in [0.25, 0.3) is 0 Å². The number of nitrogens with one attached hydrogen (secondary N) is 1. The summed E-state index contributed by atoms with van der Waals surface area (Å²) in [6.07, 6.45) is 3.71. The fourth-order valence-electron chi connectivity index (χ4n) is 2.42. The predicted molar refractivity (Wildman–Crippen MR) is 62.4 cm³/mol. The molecule has 2 atom stereocenters. The van der Waals surface area contributed by atoms with E-state index in [4.69, 9.17) is 5.84 Å². The number of aryl methyl sites for hydroxylation is 1. The molecule has 0 spiro atoms. The van der Waals surface area contributed by atoms with Gasteiger partial charge in [0.1, 0.15) is 12.2 Å². The quantitative estimate of drug-likeness (QED) is 0.570. The molecule has 2 unspecified atom stereocenters. The van der Waals surface area contributed by atoms with Gasteiger partial charge in [-0.3, -0.25) is 16.0 Å². The third kappa shape index (κ3) is 2.10. The summed E-state index contributed by atoms with van der Waals surface area (Å²) in [6.45, 7) is 7.50. The first-order valence-corrected chi connectivity index (χ1v) is 5.91. The zero-order chi connectivity index (χ0) is 11.8. The summed E-state index contributed by atoms with van der Waals surface area (Å²) in [5.41, 5.74) is 3.35. The Balaban J connectivity index is 2.02. The maximum Gasteiger partial charge on any atom is 0.138 e. The Morgan fingerprint density at radius 1 is 1.69 bits per heavy atom. The highest BCUT2D eigenvalue weighted by molar-refractivity contribution is 5.04. The van der Waals surface area contributed by atoms with E-state index in [1.807, 2.05) is 4.68 Å².